The smallest absolute Gasteiger partial charge is 0.135 e. The zero-order valence-electron chi connectivity index (χ0n) is 31.8. The fourth-order valence-corrected chi connectivity index (χ4v) is 6.77. The average molecular weight is 689 g/mol. The normalized spacial score (nSPS) is 14.2. The van der Waals surface area contributed by atoms with E-state index in [0.717, 1.165) is 82.1 Å². The molecule has 0 bridgehead atoms. The lowest BCUT2D eigenvalue weighted by Gasteiger charge is -2.23. The van der Waals surface area contributed by atoms with Crippen molar-refractivity contribution in [2.75, 3.05) is 0 Å². The van der Waals surface area contributed by atoms with Crippen LogP contribution >= 0.6 is 0 Å². The molecule has 2 aliphatic heterocycles. The molecule has 0 fully saturated rings. The number of benzene rings is 4. The lowest BCUT2D eigenvalue weighted by molar-refractivity contribution is 0.464. The van der Waals surface area contributed by atoms with Gasteiger partial charge in [-0.15, -0.1) is 0 Å². The Morgan fingerprint density at radius 2 is 0.519 bits per heavy atom. The van der Waals surface area contributed by atoms with Crippen molar-refractivity contribution in [1.29, 1.82) is 0 Å². The van der Waals surface area contributed by atoms with E-state index in [-0.39, 0.29) is 0 Å². The first-order chi connectivity index (χ1) is 25.6. The van der Waals surface area contributed by atoms with Gasteiger partial charge >= 0.3 is 0 Å². The third-order valence-electron chi connectivity index (χ3n) is 10.1. The van der Waals surface area contributed by atoms with E-state index >= 15 is 0 Å². The van der Waals surface area contributed by atoms with Gasteiger partial charge in [0.15, 0.2) is 0 Å². The van der Waals surface area contributed by atoms with Crippen LogP contribution in [0.1, 0.15) is 124 Å². The molecule has 6 rings (SSSR count). The highest BCUT2D eigenvalue weighted by Crippen LogP contribution is 2.38. The van der Waals surface area contributed by atoms with Gasteiger partial charge in [0.05, 0.1) is 0 Å². The number of unbranched alkanes of at least 4 members (excludes halogenated alkanes) is 4. The molecule has 0 N–H and O–H groups in total. The van der Waals surface area contributed by atoms with E-state index in [2.05, 4.69) is 149 Å². The molecule has 2 heteroatoms. The van der Waals surface area contributed by atoms with Gasteiger partial charge in [0.25, 0.3) is 0 Å². The van der Waals surface area contributed by atoms with Gasteiger partial charge in [-0.2, -0.15) is 0 Å². The minimum Gasteiger partial charge on any atom is -0.456 e. The monoisotopic (exact) mass is 688 g/mol. The lowest BCUT2D eigenvalue weighted by atomic mass is 9.95. The largest absolute Gasteiger partial charge is 0.456 e. The second-order valence-electron chi connectivity index (χ2n) is 14.4. The molecule has 0 unspecified atom stereocenters. The minimum absolute atomic E-state index is 0.856. The molecule has 2 nitrogen and oxygen atoms in total. The van der Waals surface area contributed by atoms with Gasteiger partial charge in [0.1, 0.15) is 23.0 Å². The Morgan fingerprint density at radius 1 is 0.308 bits per heavy atom. The second-order valence-corrected chi connectivity index (χ2v) is 14.4. The molecular formula is C50H56O2. The van der Waals surface area contributed by atoms with Crippen molar-refractivity contribution >= 4 is 23.0 Å². The summed E-state index contributed by atoms with van der Waals surface area (Å²) in [5.41, 5.74) is 12.0. The van der Waals surface area contributed by atoms with Crippen LogP contribution in [0, 0.1) is 0 Å². The summed E-state index contributed by atoms with van der Waals surface area (Å²) in [4.78, 5) is 0. The molecule has 0 saturated heterocycles. The summed E-state index contributed by atoms with van der Waals surface area (Å²) in [7, 11) is 0. The molecule has 0 aliphatic carbocycles. The summed E-state index contributed by atoms with van der Waals surface area (Å²) < 4.78 is 13.5. The molecule has 2 aliphatic rings. The number of rotatable bonds is 16. The molecule has 4 aromatic carbocycles. The van der Waals surface area contributed by atoms with E-state index in [9.17, 15) is 0 Å². The van der Waals surface area contributed by atoms with Crippen LogP contribution in [0.4, 0.5) is 0 Å². The number of hydrogen-bond donors (Lipinski definition) is 0. The Balaban J connectivity index is 1.45. The maximum absolute atomic E-state index is 6.75. The molecule has 0 spiro atoms. The Bertz CT molecular complexity index is 1630. The molecule has 52 heavy (non-hydrogen) atoms. The fourth-order valence-electron chi connectivity index (χ4n) is 6.77. The van der Waals surface area contributed by atoms with E-state index in [1.54, 1.807) is 0 Å². The van der Waals surface area contributed by atoms with Crippen LogP contribution in [-0.4, -0.2) is 0 Å². The molecule has 0 amide bonds. The van der Waals surface area contributed by atoms with E-state index in [0.29, 0.717) is 0 Å². The van der Waals surface area contributed by atoms with E-state index < -0.39 is 0 Å². The predicted octanol–water partition coefficient (Wildman–Crippen LogP) is 13.9. The first-order valence-corrected chi connectivity index (χ1v) is 19.9. The zero-order valence-corrected chi connectivity index (χ0v) is 31.8. The van der Waals surface area contributed by atoms with Crippen molar-refractivity contribution in [2.24, 2.45) is 0 Å². The van der Waals surface area contributed by atoms with Crippen LogP contribution in [0.25, 0.3) is 23.0 Å². The summed E-state index contributed by atoms with van der Waals surface area (Å²) in [6.07, 6.45) is 22.8. The number of hydrogen-bond acceptors (Lipinski definition) is 2. The number of ether oxygens (including phenoxy) is 2. The standard InChI is InChI=1S/C50H56O2/c1-5-9-13-37-17-25-41(26-18-37)47-33-45(34-48(51-47)42-27-19-38(20-28-42)14-10-6-2)46-35-49(43-29-21-39(22-30-43)15-11-7-3)52-50(36-46)44-31-23-40(24-32-44)16-12-8-4/h17-36H,5-16H2,1-4H3. The van der Waals surface area contributed by atoms with Crippen LogP contribution in [0.15, 0.2) is 133 Å². The van der Waals surface area contributed by atoms with Crippen LogP contribution in [0.5, 0.6) is 0 Å². The van der Waals surface area contributed by atoms with Gasteiger partial charge < -0.3 is 9.47 Å². The minimum atomic E-state index is 0.856. The van der Waals surface area contributed by atoms with Gasteiger partial charge in [-0.05, 0) is 109 Å². The topological polar surface area (TPSA) is 18.5 Å². The van der Waals surface area contributed by atoms with Gasteiger partial charge in [0, 0.05) is 22.3 Å². The molecule has 0 radical (unpaired) electrons. The predicted molar refractivity (Wildman–Crippen MR) is 221 cm³/mol. The summed E-state index contributed by atoms with van der Waals surface area (Å²) in [5, 5.41) is 0. The van der Waals surface area contributed by atoms with Crippen molar-refractivity contribution in [2.45, 2.75) is 105 Å². The third kappa shape index (κ3) is 9.73. The van der Waals surface area contributed by atoms with Crippen molar-refractivity contribution in [3.8, 4) is 0 Å². The SMILES string of the molecule is CCCCc1ccc(C2=CC(=C3C=C(c4ccc(CCCC)cc4)OC(c4ccc(CCCC)cc4)=C3)C=C(c3ccc(CCCC)cc3)O2)cc1. The molecule has 0 atom stereocenters. The summed E-state index contributed by atoms with van der Waals surface area (Å²) in [5.74, 6) is 3.42. The third-order valence-corrected chi connectivity index (χ3v) is 10.1. The molecule has 2 heterocycles. The van der Waals surface area contributed by atoms with Gasteiger partial charge in [0.2, 0.25) is 0 Å². The van der Waals surface area contributed by atoms with Gasteiger partial charge in [-0.3, -0.25) is 0 Å². The van der Waals surface area contributed by atoms with Gasteiger partial charge in [-0.25, -0.2) is 0 Å². The molecule has 0 saturated carbocycles. The first kappa shape index (κ1) is 37.0. The highest BCUT2D eigenvalue weighted by Gasteiger charge is 2.21. The maximum Gasteiger partial charge on any atom is 0.135 e. The van der Waals surface area contributed by atoms with Crippen molar-refractivity contribution in [1.82, 2.24) is 0 Å². The lowest BCUT2D eigenvalue weighted by Crippen LogP contribution is -2.04. The summed E-state index contributed by atoms with van der Waals surface area (Å²) in [6, 6.07) is 35.7. The average Bonchev–Trinajstić information content (AvgIpc) is 3.21. The van der Waals surface area contributed by atoms with Crippen LogP contribution in [-0.2, 0) is 35.2 Å². The zero-order chi connectivity index (χ0) is 36.1. The van der Waals surface area contributed by atoms with E-state index in [1.807, 2.05) is 0 Å². The van der Waals surface area contributed by atoms with Crippen molar-refractivity contribution < 1.29 is 9.47 Å². The van der Waals surface area contributed by atoms with Crippen LogP contribution in [0.3, 0.4) is 0 Å². The Morgan fingerprint density at radius 3 is 0.712 bits per heavy atom. The quantitative estimate of drug-likeness (QED) is 0.117. The number of aryl methyl sites for hydroxylation is 4. The fraction of sp³-hybridized carbons (Fsp3) is 0.320. The maximum atomic E-state index is 6.75. The molecular weight excluding hydrogens is 633 g/mol. The Kier molecular flexibility index (Phi) is 13.2. The Labute approximate surface area is 313 Å². The molecule has 4 aromatic rings. The van der Waals surface area contributed by atoms with E-state index in [4.69, 9.17) is 9.47 Å². The summed E-state index contributed by atoms with van der Waals surface area (Å²) >= 11 is 0. The molecule has 268 valence electrons. The van der Waals surface area contributed by atoms with Crippen LogP contribution < -0.4 is 0 Å². The highest BCUT2D eigenvalue weighted by molar-refractivity contribution is 5.83. The van der Waals surface area contributed by atoms with E-state index in [1.165, 1.54) is 73.6 Å². The van der Waals surface area contributed by atoms with Crippen molar-refractivity contribution in [3.05, 3.63) is 177 Å². The Hall–Kier alpha value is -4.82. The van der Waals surface area contributed by atoms with Crippen molar-refractivity contribution in [3.63, 3.8) is 0 Å². The first-order valence-electron chi connectivity index (χ1n) is 19.9. The molecule has 0 aromatic heterocycles. The highest BCUT2D eigenvalue weighted by atomic mass is 16.5. The van der Waals surface area contributed by atoms with Crippen LogP contribution in [0.2, 0.25) is 0 Å². The second kappa shape index (κ2) is 18.6. The van der Waals surface area contributed by atoms with Gasteiger partial charge in [-0.1, -0.05) is 150 Å². The number of allylic oxidation sites excluding steroid dienone is 6. The summed E-state index contributed by atoms with van der Waals surface area (Å²) in [6.45, 7) is 8.98.